The number of benzene rings is 2. The van der Waals surface area contributed by atoms with E-state index < -0.39 is 0 Å². The molecule has 1 radical (unpaired) electrons. The van der Waals surface area contributed by atoms with Crippen LogP contribution >= 0.6 is 0 Å². The van der Waals surface area contributed by atoms with Crippen LogP contribution in [0.5, 0.6) is 0 Å². The fourth-order valence-electron chi connectivity index (χ4n) is 5.17. The number of allylic oxidation sites excluding steroid dienone is 2. The lowest BCUT2D eigenvalue weighted by Gasteiger charge is -2.28. The van der Waals surface area contributed by atoms with Crippen molar-refractivity contribution in [1.29, 1.82) is 0 Å². The van der Waals surface area contributed by atoms with Crippen LogP contribution in [0.4, 0.5) is 8.78 Å². The zero-order chi connectivity index (χ0) is 24.5. The van der Waals surface area contributed by atoms with Crippen LogP contribution in [0.15, 0.2) is 29.8 Å². The van der Waals surface area contributed by atoms with Gasteiger partial charge < -0.3 is 14.8 Å². The van der Waals surface area contributed by atoms with Crippen LogP contribution in [-0.4, -0.2) is 38.5 Å². The molecule has 0 aromatic heterocycles. The Bertz CT molecular complexity index is 1120. The number of ether oxygens (including phenoxy) is 2. The second kappa shape index (κ2) is 10.5. The van der Waals surface area contributed by atoms with Crippen LogP contribution in [0.1, 0.15) is 68.2 Å². The molecule has 1 fully saturated rings. The van der Waals surface area contributed by atoms with Gasteiger partial charge in [-0.15, -0.1) is 0 Å². The lowest BCUT2D eigenvalue weighted by Crippen LogP contribution is -2.36. The monoisotopic (exact) mass is 480 g/mol. The van der Waals surface area contributed by atoms with Crippen molar-refractivity contribution in [2.75, 3.05) is 26.4 Å². The second-order valence-corrected chi connectivity index (χ2v) is 10.3. The Balaban J connectivity index is 1.35. The van der Waals surface area contributed by atoms with Gasteiger partial charge in [0.15, 0.2) is 0 Å². The normalized spacial score (nSPS) is 18.3. The molecule has 0 spiro atoms. The third-order valence-electron chi connectivity index (χ3n) is 7.56. The van der Waals surface area contributed by atoms with Gasteiger partial charge in [0.25, 0.3) is 0 Å². The van der Waals surface area contributed by atoms with E-state index in [9.17, 15) is 4.39 Å². The molecule has 1 aliphatic heterocycles. The van der Waals surface area contributed by atoms with Crippen molar-refractivity contribution >= 4 is 5.57 Å². The van der Waals surface area contributed by atoms with Crippen LogP contribution in [0.2, 0.25) is 0 Å². The van der Waals surface area contributed by atoms with Crippen LogP contribution in [0.3, 0.4) is 0 Å². The average Bonchev–Trinajstić information content (AvgIpc) is 3.57. The summed E-state index contributed by atoms with van der Waals surface area (Å²) in [6.45, 7) is 9.06. The first-order valence-electron chi connectivity index (χ1n) is 13.1. The molecule has 1 unspecified atom stereocenters. The van der Waals surface area contributed by atoms with E-state index in [1.165, 1.54) is 11.1 Å². The van der Waals surface area contributed by atoms with E-state index in [4.69, 9.17) is 9.47 Å². The maximum Gasteiger partial charge on any atom is 0.127 e. The topological polar surface area (TPSA) is 30.5 Å². The average molecular weight is 481 g/mol. The van der Waals surface area contributed by atoms with Crippen molar-refractivity contribution in [2.45, 2.75) is 70.9 Å². The van der Waals surface area contributed by atoms with E-state index >= 15 is 4.39 Å². The predicted octanol–water partition coefficient (Wildman–Crippen LogP) is 6.39. The molecule has 3 nitrogen and oxygen atoms in total. The summed E-state index contributed by atoms with van der Waals surface area (Å²) in [6, 6.07) is 7.40. The summed E-state index contributed by atoms with van der Waals surface area (Å²) in [7, 11) is 0. The number of fused-ring (bicyclic) bond motifs is 4. The molecule has 0 amide bonds. The minimum Gasteiger partial charge on any atom is -0.380 e. The van der Waals surface area contributed by atoms with E-state index in [0.29, 0.717) is 37.2 Å². The summed E-state index contributed by atoms with van der Waals surface area (Å²) in [5.74, 6) is -0.288. The molecule has 2 atom stereocenters. The van der Waals surface area contributed by atoms with Crippen LogP contribution in [-0.2, 0) is 22.3 Å². The van der Waals surface area contributed by atoms with Gasteiger partial charge >= 0.3 is 0 Å². The highest BCUT2D eigenvalue weighted by Crippen LogP contribution is 2.50. The van der Waals surface area contributed by atoms with Crippen molar-refractivity contribution in [3.8, 4) is 11.1 Å². The zero-order valence-electron chi connectivity index (χ0n) is 21.1. The van der Waals surface area contributed by atoms with E-state index in [1.807, 2.05) is 12.1 Å². The molecule has 5 heteroatoms. The van der Waals surface area contributed by atoms with Crippen LogP contribution < -0.4 is 5.32 Å². The highest BCUT2D eigenvalue weighted by Gasteiger charge is 2.33. The maximum absolute atomic E-state index is 15.4. The Labute approximate surface area is 207 Å². The Morgan fingerprint density at radius 3 is 2.60 bits per heavy atom. The van der Waals surface area contributed by atoms with E-state index in [-0.39, 0.29) is 29.7 Å². The zero-order valence-corrected chi connectivity index (χ0v) is 21.1. The number of hydrogen-bond acceptors (Lipinski definition) is 3. The van der Waals surface area contributed by atoms with Gasteiger partial charge in [-0.05, 0) is 95.8 Å². The molecule has 1 heterocycles. The lowest BCUT2D eigenvalue weighted by molar-refractivity contribution is 0.00704. The molecule has 2 aliphatic carbocycles. The summed E-state index contributed by atoms with van der Waals surface area (Å²) in [4.78, 5) is 0. The molecule has 1 saturated heterocycles. The van der Waals surface area contributed by atoms with E-state index in [0.717, 1.165) is 54.7 Å². The van der Waals surface area contributed by atoms with Crippen molar-refractivity contribution < 1.29 is 18.3 Å². The number of nitrogens with one attached hydrogen (secondary N) is 1. The van der Waals surface area contributed by atoms with Crippen LogP contribution in [0, 0.1) is 18.1 Å². The summed E-state index contributed by atoms with van der Waals surface area (Å²) >= 11 is 0. The van der Waals surface area contributed by atoms with Gasteiger partial charge in [-0.3, -0.25) is 0 Å². The highest BCUT2D eigenvalue weighted by atomic mass is 19.1. The standard InChI is InChI=1S/C30H36F2NO2/c1-4-6-7-35-23(5-2)15-33-18(3)8-21-11-27-24-10-19(24)9-20-12-30(32)26(22-16-34-17-22)13-25(20)28(27)14-29(21)31/h10-14,18,22-23,33H,4-9,15-17H2,1-3H3/t18-,23?/m1/s1. The van der Waals surface area contributed by atoms with Crippen molar-refractivity contribution in [3.63, 3.8) is 0 Å². The van der Waals surface area contributed by atoms with E-state index in [1.54, 1.807) is 12.1 Å². The highest BCUT2D eigenvalue weighted by molar-refractivity contribution is 6.00. The third-order valence-corrected chi connectivity index (χ3v) is 7.56. The van der Waals surface area contributed by atoms with Gasteiger partial charge in [0.1, 0.15) is 11.6 Å². The lowest BCUT2D eigenvalue weighted by atomic mass is 9.87. The number of unbranched alkanes of at least 4 members (excludes halogenated alkanes) is 1. The first-order valence-corrected chi connectivity index (χ1v) is 13.1. The molecule has 1 N–H and O–H groups in total. The van der Waals surface area contributed by atoms with Crippen molar-refractivity contribution in [1.82, 2.24) is 5.32 Å². The third kappa shape index (κ3) is 5.23. The van der Waals surface area contributed by atoms with Gasteiger partial charge in [-0.2, -0.15) is 0 Å². The van der Waals surface area contributed by atoms with Gasteiger partial charge in [0.05, 0.1) is 19.3 Å². The Hall–Kier alpha value is -2.08. The largest absolute Gasteiger partial charge is 0.380 e. The fourth-order valence-corrected chi connectivity index (χ4v) is 5.17. The minimum absolute atomic E-state index is 0.0855. The Morgan fingerprint density at radius 1 is 1.06 bits per heavy atom. The van der Waals surface area contributed by atoms with Gasteiger partial charge in [-0.1, -0.05) is 25.8 Å². The molecular formula is C30H36F2NO2. The summed E-state index contributed by atoms with van der Waals surface area (Å²) in [5.41, 5.74) is 7.64. The number of rotatable bonds is 11. The number of halogens is 2. The number of hydrogen-bond donors (Lipinski definition) is 1. The van der Waals surface area contributed by atoms with Gasteiger partial charge in [0.2, 0.25) is 0 Å². The maximum atomic E-state index is 15.4. The van der Waals surface area contributed by atoms with Gasteiger partial charge in [-0.25, -0.2) is 8.78 Å². The summed E-state index contributed by atoms with van der Waals surface area (Å²) in [6.07, 6.45) is 6.80. The van der Waals surface area contributed by atoms with Gasteiger partial charge in [0, 0.05) is 31.5 Å². The molecule has 187 valence electrons. The Morgan fingerprint density at radius 2 is 1.89 bits per heavy atom. The molecule has 0 saturated carbocycles. The minimum atomic E-state index is -0.197. The SMILES string of the molecule is CCCCOC(CC)CN[C@H](C)Cc1cc2c(cc1F)-c1cc(C3COC3)c(F)cc1CC1=C2[CH]1. The first-order chi connectivity index (χ1) is 17.0. The van der Waals surface area contributed by atoms with Crippen molar-refractivity contribution in [3.05, 3.63) is 70.1 Å². The first kappa shape index (κ1) is 24.6. The quantitative estimate of drug-likeness (QED) is 0.378. The molecule has 2 aromatic carbocycles. The molecule has 3 aliphatic rings. The van der Waals surface area contributed by atoms with Crippen LogP contribution in [0.25, 0.3) is 16.7 Å². The molecule has 0 bridgehead atoms. The molecular weight excluding hydrogens is 444 g/mol. The van der Waals surface area contributed by atoms with E-state index in [2.05, 4.69) is 32.5 Å². The predicted molar refractivity (Wildman–Crippen MR) is 136 cm³/mol. The molecule has 35 heavy (non-hydrogen) atoms. The second-order valence-electron chi connectivity index (χ2n) is 10.3. The summed E-state index contributed by atoms with van der Waals surface area (Å²) in [5, 5.41) is 3.54. The Kier molecular flexibility index (Phi) is 7.38. The molecule has 5 rings (SSSR count). The van der Waals surface area contributed by atoms with Crippen molar-refractivity contribution in [2.24, 2.45) is 0 Å². The molecule has 2 aromatic rings. The fraction of sp³-hybridized carbons (Fsp3) is 0.500. The summed E-state index contributed by atoms with van der Waals surface area (Å²) < 4.78 is 41.5. The smallest absolute Gasteiger partial charge is 0.127 e.